The molecular formula is C9H15F2NO2. The zero-order valence-corrected chi connectivity index (χ0v) is 8.43. The molecule has 0 aromatic carbocycles. The van der Waals surface area contributed by atoms with Crippen molar-refractivity contribution in [3.63, 3.8) is 0 Å². The molecule has 1 saturated heterocycles. The first kappa shape index (κ1) is 13.0. The molecule has 0 N–H and O–H groups in total. The Morgan fingerprint density at radius 1 is 1.36 bits per heavy atom. The molecule has 0 saturated carbocycles. The monoisotopic (exact) mass is 207 g/mol. The molecule has 1 unspecified atom stereocenters. The normalized spacial score (nSPS) is 20.0. The van der Waals surface area contributed by atoms with Gasteiger partial charge in [-0.3, -0.25) is 9.59 Å². The predicted octanol–water partition coefficient (Wildman–Crippen LogP) is 1.47. The smallest absolute Gasteiger partial charge is 0.229 e. The van der Waals surface area contributed by atoms with E-state index in [9.17, 15) is 18.4 Å². The van der Waals surface area contributed by atoms with Crippen molar-refractivity contribution in [1.82, 2.24) is 4.90 Å². The molecule has 0 aliphatic carbocycles. The summed E-state index contributed by atoms with van der Waals surface area (Å²) in [5, 5.41) is 0. The Morgan fingerprint density at radius 2 is 1.86 bits per heavy atom. The number of alkyl halides is 2. The molecule has 0 aromatic heterocycles. The maximum atomic E-state index is 11.0. The van der Waals surface area contributed by atoms with Crippen LogP contribution in [0.15, 0.2) is 0 Å². The summed E-state index contributed by atoms with van der Waals surface area (Å²) in [5.74, 6) is 0.125. The fourth-order valence-corrected chi connectivity index (χ4v) is 1.57. The molecular weight excluding hydrogens is 192 g/mol. The molecule has 1 heterocycles. The zero-order valence-electron chi connectivity index (χ0n) is 8.43. The Labute approximate surface area is 82.1 Å². The molecule has 82 valence electrons. The second-order valence-electron chi connectivity index (χ2n) is 3.08. The van der Waals surface area contributed by atoms with Gasteiger partial charge >= 0.3 is 0 Å². The number of ketones is 1. The van der Waals surface area contributed by atoms with Gasteiger partial charge in [0.25, 0.3) is 0 Å². The lowest BCUT2D eigenvalue weighted by Gasteiger charge is -2.20. The van der Waals surface area contributed by atoms with E-state index < -0.39 is 6.93 Å². The van der Waals surface area contributed by atoms with Crippen molar-refractivity contribution >= 4 is 11.7 Å². The summed E-state index contributed by atoms with van der Waals surface area (Å²) >= 11 is 0. The fraction of sp³-hybridized carbons (Fsp3) is 0.778. The third-order valence-corrected chi connectivity index (χ3v) is 2.13. The van der Waals surface area contributed by atoms with Crippen LogP contribution in [0.1, 0.15) is 26.7 Å². The third kappa shape index (κ3) is 3.81. The molecule has 5 heteroatoms. The molecule has 0 radical (unpaired) electrons. The second-order valence-corrected chi connectivity index (χ2v) is 3.08. The van der Waals surface area contributed by atoms with E-state index in [-0.39, 0.29) is 17.7 Å². The van der Waals surface area contributed by atoms with Gasteiger partial charge < -0.3 is 4.90 Å². The van der Waals surface area contributed by atoms with Crippen molar-refractivity contribution in [2.75, 3.05) is 13.5 Å². The summed E-state index contributed by atoms with van der Waals surface area (Å²) in [6.45, 7) is 2.06. The number of hydrogen-bond acceptors (Lipinski definition) is 2. The Balaban J connectivity index is 0.000000500. The molecule has 0 bridgehead atoms. The van der Waals surface area contributed by atoms with Gasteiger partial charge in [0.05, 0.1) is 6.04 Å². The van der Waals surface area contributed by atoms with Crippen molar-refractivity contribution in [2.24, 2.45) is 0 Å². The van der Waals surface area contributed by atoms with Gasteiger partial charge in [-0.1, -0.05) is 0 Å². The summed E-state index contributed by atoms with van der Waals surface area (Å²) in [6, 6.07) is -0.132. The highest BCUT2D eigenvalue weighted by molar-refractivity contribution is 5.87. The Morgan fingerprint density at radius 3 is 2.14 bits per heavy atom. The Kier molecular flexibility index (Phi) is 5.99. The average molecular weight is 207 g/mol. The Bertz CT molecular complexity index is 189. The number of amides is 1. The molecule has 3 nitrogen and oxygen atoms in total. The van der Waals surface area contributed by atoms with E-state index in [1.807, 2.05) is 0 Å². The number of carbonyl (C=O) groups excluding carboxylic acids is 2. The topological polar surface area (TPSA) is 37.4 Å². The number of likely N-dealkylation sites (tertiary alicyclic amines) is 1. The number of nitrogens with zero attached hydrogens (tertiary/aromatic N) is 1. The Hall–Kier alpha value is -1.00. The quantitative estimate of drug-likeness (QED) is 0.653. The molecule has 0 aromatic rings. The SMILES string of the molecule is CC(=O)C1CCCN1C(C)=O.FCF. The summed E-state index contributed by atoms with van der Waals surface area (Å²) in [7, 11) is 0. The predicted molar refractivity (Wildman–Crippen MR) is 48.2 cm³/mol. The van der Waals surface area contributed by atoms with Crippen molar-refractivity contribution in [3.05, 3.63) is 0 Å². The van der Waals surface area contributed by atoms with Crippen LogP contribution in [0.5, 0.6) is 0 Å². The molecule has 1 aliphatic rings. The van der Waals surface area contributed by atoms with Gasteiger partial charge in [-0.15, -0.1) is 0 Å². The first-order valence-corrected chi connectivity index (χ1v) is 4.44. The molecule has 1 fully saturated rings. The van der Waals surface area contributed by atoms with Gasteiger partial charge in [-0.25, -0.2) is 8.78 Å². The first-order chi connectivity index (χ1) is 6.54. The van der Waals surface area contributed by atoms with Crippen LogP contribution in [0.2, 0.25) is 0 Å². The van der Waals surface area contributed by atoms with Crippen LogP contribution >= 0.6 is 0 Å². The van der Waals surface area contributed by atoms with Crippen molar-refractivity contribution in [2.45, 2.75) is 32.7 Å². The fourth-order valence-electron chi connectivity index (χ4n) is 1.57. The molecule has 1 amide bonds. The van der Waals surface area contributed by atoms with E-state index in [2.05, 4.69) is 0 Å². The molecule has 1 rings (SSSR count). The summed E-state index contributed by atoms with van der Waals surface area (Å²) < 4.78 is 19.2. The van der Waals surface area contributed by atoms with Gasteiger partial charge in [-0.05, 0) is 19.8 Å². The lowest BCUT2D eigenvalue weighted by Crippen LogP contribution is -2.37. The number of halogens is 2. The minimum atomic E-state index is -1.75. The number of Topliss-reactive ketones (excluding diaryl/α,β-unsaturated/α-hetero) is 1. The summed E-state index contributed by atoms with van der Waals surface area (Å²) in [4.78, 5) is 23.6. The van der Waals surface area contributed by atoms with E-state index in [0.717, 1.165) is 19.4 Å². The van der Waals surface area contributed by atoms with Gasteiger partial charge in [0.2, 0.25) is 12.8 Å². The van der Waals surface area contributed by atoms with Crippen LogP contribution < -0.4 is 0 Å². The van der Waals surface area contributed by atoms with E-state index in [1.165, 1.54) is 6.92 Å². The zero-order chi connectivity index (χ0) is 11.1. The number of carbonyl (C=O) groups is 2. The second kappa shape index (κ2) is 6.45. The van der Waals surface area contributed by atoms with Crippen LogP contribution in [0.25, 0.3) is 0 Å². The van der Waals surface area contributed by atoms with Gasteiger partial charge in [0.15, 0.2) is 5.78 Å². The highest BCUT2D eigenvalue weighted by Crippen LogP contribution is 2.17. The van der Waals surface area contributed by atoms with Crippen LogP contribution in [0, 0.1) is 0 Å². The van der Waals surface area contributed by atoms with Crippen LogP contribution in [-0.4, -0.2) is 36.1 Å². The van der Waals surface area contributed by atoms with Crippen LogP contribution in [0.4, 0.5) is 8.78 Å². The first-order valence-electron chi connectivity index (χ1n) is 4.44. The number of rotatable bonds is 1. The molecule has 0 spiro atoms. The van der Waals surface area contributed by atoms with E-state index in [0.29, 0.717) is 0 Å². The van der Waals surface area contributed by atoms with E-state index in [4.69, 9.17) is 0 Å². The average Bonchev–Trinajstić information content (AvgIpc) is 2.52. The van der Waals surface area contributed by atoms with E-state index >= 15 is 0 Å². The lowest BCUT2D eigenvalue weighted by atomic mass is 10.1. The highest BCUT2D eigenvalue weighted by Gasteiger charge is 2.29. The lowest BCUT2D eigenvalue weighted by molar-refractivity contribution is -0.135. The molecule has 1 atom stereocenters. The van der Waals surface area contributed by atoms with Gasteiger partial charge in [-0.2, -0.15) is 0 Å². The maximum absolute atomic E-state index is 11.0. The van der Waals surface area contributed by atoms with E-state index in [1.54, 1.807) is 11.8 Å². The number of hydrogen-bond donors (Lipinski definition) is 0. The minimum absolute atomic E-state index is 0.0164. The van der Waals surface area contributed by atoms with Crippen LogP contribution in [-0.2, 0) is 9.59 Å². The minimum Gasteiger partial charge on any atom is -0.333 e. The van der Waals surface area contributed by atoms with Crippen molar-refractivity contribution < 1.29 is 18.4 Å². The standard InChI is InChI=1S/C8H13NO2.CH2F2/c1-6(10)8-4-3-5-9(8)7(2)11;2-1-3/h8H,3-5H2,1-2H3;1H2. The van der Waals surface area contributed by atoms with Gasteiger partial charge in [0.1, 0.15) is 0 Å². The summed E-state index contributed by atoms with van der Waals surface area (Å²) in [6.07, 6.45) is 1.80. The summed E-state index contributed by atoms with van der Waals surface area (Å²) in [5.41, 5.74) is 0. The maximum Gasteiger partial charge on any atom is 0.229 e. The third-order valence-electron chi connectivity index (χ3n) is 2.13. The molecule has 14 heavy (non-hydrogen) atoms. The van der Waals surface area contributed by atoms with Crippen molar-refractivity contribution in [1.29, 1.82) is 0 Å². The largest absolute Gasteiger partial charge is 0.333 e. The molecule has 1 aliphatic heterocycles. The van der Waals surface area contributed by atoms with Crippen LogP contribution in [0.3, 0.4) is 0 Å². The highest BCUT2D eigenvalue weighted by atomic mass is 19.3. The van der Waals surface area contributed by atoms with Gasteiger partial charge in [0, 0.05) is 13.5 Å². The van der Waals surface area contributed by atoms with Crippen molar-refractivity contribution in [3.8, 4) is 0 Å².